The second kappa shape index (κ2) is 5.79. The van der Waals surface area contributed by atoms with E-state index >= 15 is 0 Å². The minimum absolute atomic E-state index is 0.0347. The average Bonchev–Trinajstić information content (AvgIpc) is 2.04. The van der Waals surface area contributed by atoms with E-state index < -0.39 is 12.0 Å². The minimum Gasteiger partial charge on any atom is -0.468 e. The summed E-state index contributed by atoms with van der Waals surface area (Å²) in [4.78, 5) is 21.2. The van der Waals surface area contributed by atoms with Crippen LogP contribution in [-0.2, 0) is 14.3 Å². The number of carbonyl (C=O) groups is 2. The predicted molar refractivity (Wildman–Crippen MR) is 43.5 cm³/mol. The van der Waals surface area contributed by atoms with Gasteiger partial charge < -0.3 is 4.74 Å². The van der Waals surface area contributed by atoms with Crippen molar-refractivity contribution in [1.82, 2.24) is 10.9 Å². The SMILES string of the molecule is COC(=O)[C@H](CCl)NNC(C)=O. The molecule has 1 atom stereocenters. The zero-order valence-electron chi connectivity index (χ0n) is 6.89. The number of nitrogens with one attached hydrogen (secondary N) is 2. The molecular weight excluding hydrogens is 184 g/mol. The van der Waals surface area contributed by atoms with Crippen LogP contribution in [0.1, 0.15) is 6.92 Å². The molecule has 0 aliphatic heterocycles. The molecule has 0 spiro atoms. The lowest BCUT2D eigenvalue weighted by Crippen LogP contribution is -2.48. The fraction of sp³-hybridized carbons (Fsp3) is 0.667. The summed E-state index contributed by atoms with van der Waals surface area (Å²) in [6, 6.07) is -0.708. The summed E-state index contributed by atoms with van der Waals surface area (Å²) in [5.74, 6) is -0.778. The van der Waals surface area contributed by atoms with E-state index in [-0.39, 0.29) is 11.8 Å². The maximum Gasteiger partial charge on any atom is 0.325 e. The van der Waals surface area contributed by atoms with Gasteiger partial charge in [0.05, 0.1) is 13.0 Å². The van der Waals surface area contributed by atoms with Gasteiger partial charge in [-0.25, -0.2) is 5.43 Å². The molecule has 6 heteroatoms. The van der Waals surface area contributed by atoms with E-state index in [1.54, 1.807) is 0 Å². The first-order chi connectivity index (χ1) is 5.61. The van der Waals surface area contributed by atoms with Crippen molar-refractivity contribution in [3.63, 3.8) is 0 Å². The number of hydrogen-bond acceptors (Lipinski definition) is 4. The van der Waals surface area contributed by atoms with Gasteiger partial charge in [0, 0.05) is 6.92 Å². The van der Waals surface area contributed by atoms with Crippen LogP contribution in [0.2, 0.25) is 0 Å². The summed E-state index contributed by atoms with van der Waals surface area (Å²) in [6.07, 6.45) is 0. The predicted octanol–water partition coefficient (Wildman–Crippen LogP) is -0.593. The Morgan fingerprint density at radius 2 is 2.17 bits per heavy atom. The number of halogens is 1. The summed E-state index contributed by atoms with van der Waals surface area (Å²) in [6.45, 7) is 1.32. The van der Waals surface area contributed by atoms with Crippen LogP contribution in [0.25, 0.3) is 0 Å². The Morgan fingerprint density at radius 1 is 1.58 bits per heavy atom. The fourth-order valence-corrected chi connectivity index (χ4v) is 0.695. The Kier molecular flexibility index (Phi) is 5.40. The third-order valence-electron chi connectivity index (χ3n) is 1.06. The Morgan fingerprint density at radius 3 is 2.50 bits per heavy atom. The van der Waals surface area contributed by atoms with Gasteiger partial charge in [0.2, 0.25) is 5.91 Å². The molecule has 0 saturated carbocycles. The van der Waals surface area contributed by atoms with E-state index in [0.717, 1.165) is 0 Å². The zero-order chi connectivity index (χ0) is 9.56. The molecule has 0 fully saturated rings. The summed E-state index contributed by atoms with van der Waals surface area (Å²) < 4.78 is 4.40. The molecule has 0 saturated heterocycles. The van der Waals surface area contributed by atoms with Crippen molar-refractivity contribution in [2.75, 3.05) is 13.0 Å². The molecule has 0 aromatic heterocycles. The van der Waals surface area contributed by atoms with Crippen molar-refractivity contribution >= 4 is 23.5 Å². The van der Waals surface area contributed by atoms with Gasteiger partial charge in [-0.3, -0.25) is 15.0 Å². The zero-order valence-corrected chi connectivity index (χ0v) is 7.64. The minimum atomic E-state index is -0.708. The highest BCUT2D eigenvalue weighted by atomic mass is 35.5. The molecule has 0 rings (SSSR count). The Balaban J connectivity index is 3.83. The van der Waals surface area contributed by atoms with Gasteiger partial charge in [0.25, 0.3) is 0 Å². The van der Waals surface area contributed by atoms with E-state index in [1.807, 2.05) is 0 Å². The van der Waals surface area contributed by atoms with Gasteiger partial charge in [-0.2, -0.15) is 0 Å². The maximum absolute atomic E-state index is 10.8. The van der Waals surface area contributed by atoms with Crippen molar-refractivity contribution in [2.45, 2.75) is 13.0 Å². The molecule has 0 radical (unpaired) electrons. The second-order valence-electron chi connectivity index (χ2n) is 2.06. The molecule has 0 aromatic carbocycles. The summed E-state index contributed by atoms with van der Waals surface area (Å²) in [7, 11) is 1.25. The van der Waals surface area contributed by atoms with Crippen LogP contribution in [0.3, 0.4) is 0 Å². The van der Waals surface area contributed by atoms with Crippen LogP contribution < -0.4 is 10.9 Å². The van der Waals surface area contributed by atoms with Gasteiger partial charge in [-0.1, -0.05) is 0 Å². The highest BCUT2D eigenvalue weighted by Gasteiger charge is 2.16. The first-order valence-electron chi connectivity index (χ1n) is 3.27. The molecule has 0 aromatic rings. The van der Waals surface area contributed by atoms with Crippen LogP contribution in [0.5, 0.6) is 0 Å². The van der Waals surface area contributed by atoms with Gasteiger partial charge in [-0.15, -0.1) is 11.6 Å². The molecule has 2 N–H and O–H groups in total. The third-order valence-corrected chi connectivity index (χ3v) is 1.37. The first-order valence-corrected chi connectivity index (χ1v) is 3.81. The number of esters is 1. The van der Waals surface area contributed by atoms with Crippen molar-refractivity contribution in [3.05, 3.63) is 0 Å². The molecule has 5 nitrogen and oxygen atoms in total. The van der Waals surface area contributed by atoms with E-state index in [2.05, 4.69) is 15.6 Å². The van der Waals surface area contributed by atoms with Crippen molar-refractivity contribution in [3.8, 4) is 0 Å². The lowest BCUT2D eigenvalue weighted by molar-refractivity contribution is -0.142. The van der Waals surface area contributed by atoms with Gasteiger partial charge in [0.1, 0.15) is 6.04 Å². The number of ether oxygens (including phenoxy) is 1. The van der Waals surface area contributed by atoms with Crippen molar-refractivity contribution in [2.24, 2.45) is 0 Å². The van der Waals surface area contributed by atoms with Gasteiger partial charge >= 0.3 is 5.97 Å². The lowest BCUT2D eigenvalue weighted by Gasteiger charge is -2.12. The topological polar surface area (TPSA) is 67.4 Å². The van der Waals surface area contributed by atoms with Crippen LogP contribution in [-0.4, -0.2) is 30.9 Å². The highest BCUT2D eigenvalue weighted by molar-refractivity contribution is 6.19. The van der Waals surface area contributed by atoms with Crippen LogP contribution in [0.4, 0.5) is 0 Å². The first kappa shape index (κ1) is 11.2. The van der Waals surface area contributed by atoms with Gasteiger partial charge in [-0.05, 0) is 0 Å². The van der Waals surface area contributed by atoms with E-state index in [4.69, 9.17) is 11.6 Å². The van der Waals surface area contributed by atoms with E-state index in [9.17, 15) is 9.59 Å². The Labute approximate surface area is 75.4 Å². The molecule has 0 unspecified atom stereocenters. The average molecular weight is 195 g/mol. The second-order valence-corrected chi connectivity index (χ2v) is 2.36. The number of carbonyl (C=O) groups excluding carboxylic acids is 2. The number of rotatable bonds is 4. The van der Waals surface area contributed by atoms with Crippen molar-refractivity contribution in [1.29, 1.82) is 0 Å². The summed E-state index contributed by atoms with van der Waals surface area (Å²) in [5, 5.41) is 0. The van der Waals surface area contributed by atoms with Crippen molar-refractivity contribution < 1.29 is 14.3 Å². The van der Waals surface area contributed by atoms with E-state index in [0.29, 0.717) is 0 Å². The molecule has 0 aliphatic carbocycles. The Hall–Kier alpha value is -0.810. The number of methoxy groups -OCH3 is 1. The normalized spacial score (nSPS) is 11.9. The number of amides is 1. The molecule has 12 heavy (non-hydrogen) atoms. The van der Waals surface area contributed by atoms with E-state index in [1.165, 1.54) is 14.0 Å². The van der Waals surface area contributed by atoms with Crippen LogP contribution in [0, 0.1) is 0 Å². The quantitative estimate of drug-likeness (QED) is 0.357. The fourth-order valence-electron chi connectivity index (χ4n) is 0.492. The number of alkyl halides is 1. The monoisotopic (exact) mass is 194 g/mol. The molecule has 70 valence electrons. The molecule has 0 aliphatic rings. The summed E-state index contributed by atoms with van der Waals surface area (Å²) >= 11 is 5.41. The lowest BCUT2D eigenvalue weighted by atomic mass is 10.4. The third kappa shape index (κ3) is 4.15. The smallest absolute Gasteiger partial charge is 0.325 e. The molecular formula is C6H11ClN2O3. The summed E-state index contributed by atoms with van der Waals surface area (Å²) in [5.41, 5.74) is 4.65. The largest absolute Gasteiger partial charge is 0.468 e. The Bertz CT molecular complexity index is 174. The molecule has 1 amide bonds. The van der Waals surface area contributed by atoms with Crippen LogP contribution >= 0.6 is 11.6 Å². The van der Waals surface area contributed by atoms with Gasteiger partial charge in [0.15, 0.2) is 0 Å². The van der Waals surface area contributed by atoms with Crippen LogP contribution in [0.15, 0.2) is 0 Å². The molecule has 0 heterocycles. The maximum atomic E-state index is 10.8. The standard InChI is InChI=1S/C6H11ClN2O3/c1-4(10)8-9-5(3-7)6(11)12-2/h5,9H,3H2,1-2H3,(H,8,10)/t5-/m0/s1. The highest BCUT2D eigenvalue weighted by Crippen LogP contribution is 1.89. The molecule has 0 bridgehead atoms. The number of hydrazine groups is 1. The number of hydrogen-bond donors (Lipinski definition) is 2.